The second kappa shape index (κ2) is 48.8. The van der Waals surface area contributed by atoms with Crippen molar-refractivity contribution in [2.75, 3.05) is 6.61 Å². The third-order valence-corrected chi connectivity index (χ3v) is 12.7. The van der Waals surface area contributed by atoms with Crippen LogP contribution >= 0.6 is 0 Å². The summed E-state index contributed by atoms with van der Waals surface area (Å²) in [5, 5.41) is 43.7. The first kappa shape index (κ1) is 58.8. The number of allylic oxidation sites excluding steroid dienone is 4. The standard InChI is InChI=1S/C54H105NO5/c1-3-5-7-9-11-13-15-16-17-18-19-20-21-22-23-24-25-26-27-28-29-30-31-32-33-34-35-36-37-38-40-42-44-46-48-52(58)54(60)55-50(49-56)53(59)51(57)47-45-43-41-39-14-12-10-8-6-4-2/h21-22,24-25,50-53,56-59H,3-20,23,26-49H2,1-2H3,(H,55,60)/b22-21-,25-24-. The van der Waals surface area contributed by atoms with Crippen LogP contribution in [0.5, 0.6) is 0 Å². The fourth-order valence-electron chi connectivity index (χ4n) is 8.44. The minimum atomic E-state index is -1.26. The number of carbonyl (C=O) groups excluding carboxylic acids is 1. The van der Waals surface area contributed by atoms with Gasteiger partial charge < -0.3 is 25.7 Å². The van der Waals surface area contributed by atoms with Crippen molar-refractivity contribution in [2.45, 2.75) is 308 Å². The molecule has 0 aliphatic rings. The lowest BCUT2D eigenvalue weighted by Gasteiger charge is -2.27. The van der Waals surface area contributed by atoms with Gasteiger partial charge in [0, 0.05) is 0 Å². The van der Waals surface area contributed by atoms with Crippen molar-refractivity contribution in [3.63, 3.8) is 0 Å². The molecule has 6 nitrogen and oxygen atoms in total. The molecule has 60 heavy (non-hydrogen) atoms. The van der Waals surface area contributed by atoms with Gasteiger partial charge in [0.1, 0.15) is 12.2 Å². The van der Waals surface area contributed by atoms with Crippen LogP contribution in [0.25, 0.3) is 0 Å². The molecule has 4 atom stereocenters. The van der Waals surface area contributed by atoms with Gasteiger partial charge in [0.05, 0.1) is 18.8 Å². The average molecular weight is 848 g/mol. The van der Waals surface area contributed by atoms with E-state index < -0.39 is 36.9 Å². The second-order valence-corrected chi connectivity index (χ2v) is 18.6. The van der Waals surface area contributed by atoms with Crippen molar-refractivity contribution in [3.05, 3.63) is 24.3 Å². The van der Waals surface area contributed by atoms with Crippen LogP contribution in [0.2, 0.25) is 0 Å². The first-order valence-corrected chi connectivity index (χ1v) is 26.7. The van der Waals surface area contributed by atoms with Gasteiger partial charge in [-0.15, -0.1) is 0 Å². The Hall–Kier alpha value is -1.21. The molecule has 0 bridgehead atoms. The van der Waals surface area contributed by atoms with E-state index in [1.54, 1.807) is 0 Å². The highest BCUT2D eigenvalue weighted by molar-refractivity contribution is 5.80. The Kier molecular flexibility index (Phi) is 47.8. The molecule has 356 valence electrons. The zero-order valence-corrected chi connectivity index (χ0v) is 40.2. The SMILES string of the molecule is CCCCCCCCCCCCC/C=C\C/C=C\CCCCCCCCCCCCCCCCCCC(O)C(=O)NC(CO)C(O)C(O)CCCCCCCCCCCC. The van der Waals surface area contributed by atoms with Gasteiger partial charge in [-0.3, -0.25) is 4.79 Å². The molecule has 0 aromatic heterocycles. The number of unbranched alkanes of at least 4 members (excludes halogenated alkanes) is 36. The molecule has 0 saturated carbocycles. The number of rotatable bonds is 49. The highest BCUT2D eigenvalue weighted by Crippen LogP contribution is 2.17. The molecule has 6 heteroatoms. The van der Waals surface area contributed by atoms with Crippen molar-refractivity contribution in [2.24, 2.45) is 0 Å². The Morgan fingerprint density at radius 3 is 1.05 bits per heavy atom. The Labute approximate surface area is 374 Å². The predicted octanol–water partition coefficient (Wildman–Crippen LogP) is 15.1. The van der Waals surface area contributed by atoms with Crippen molar-refractivity contribution in [1.82, 2.24) is 5.32 Å². The van der Waals surface area contributed by atoms with Gasteiger partial charge in [-0.1, -0.05) is 263 Å². The fourth-order valence-corrected chi connectivity index (χ4v) is 8.44. The van der Waals surface area contributed by atoms with E-state index in [-0.39, 0.29) is 0 Å². The minimum absolute atomic E-state index is 0.371. The Bertz CT molecular complexity index is 909. The van der Waals surface area contributed by atoms with E-state index in [0.717, 1.165) is 44.9 Å². The summed E-state index contributed by atoms with van der Waals surface area (Å²) in [7, 11) is 0. The van der Waals surface area contributed by atoms with E-state index in [1.807, 2.05) is 0 Å². The monoisotopic (exact) mass is 848 g/mol. The zero-order valence-electron chi connectivity index (χ0n) is 40.2. The molecule has 5 N–H and O–H groups in total. The maximum absolute atomic E-state index is 12.5. The number of hydrogen-bond donors (Lipinski definition) is 5. The molecule has 0 aromatic carbocycles. The predicted molar refractivity (Wildman–Crippen MR) is 261 cm³/mol. The van der Waals surface area contributed by atoms with E-state index in [2.05, 4.69) is 43.5 Å². The maximum atomic E-state index is 12.5. The van der Waals surface area contributed by atoms with Crippen LogP contribution in [0.1, 0.15) is 284 Å². The van der Waals surface area contributed by atoms with Crippen LogP contribution in [0.4, 0.5) is 0 Å². The highest BCUT2D eigenvalue weighted by Gasteiger charge is 2.28. The summed E-state index contributed by atoms with van der Waals surface area (Å²) < 4.78 is 0. The van der Waals surface area contributed by atoms with Crippen molar-refractivity contribution >= 4 is 5.91 Å². The second-order valence-electron chi connectivity index (χ2n) is 18.6. The number of aliphatic hydroxyl groups is 4. The molecule has 0 aromatic rings. The van der Waals surface area contributed by atoms with E-state index in [9.17, 15) is 25.2 Å². The zero-order chi connectivity index (χ0) is 43.8. The molecular formula is C54H105NO5. The van der Waals surface area contributed by atoms with Crippen molar-refractivity contribution < 1.29 is 25.2 Å². The minimum Gasteiger partial charge on any atom is -0.394 e. The number of amides is 1. The van der Waals surface area contributed by atoms with E-state index in [4.69, 9.17) is 0 Å². The van der Waals surface area contributed by atoms with Crippen LogP contribution in [-0.2, 0) is 4.79 Å². The van der Waals surface area contributed by atoms with Gasteiger partial charge >= 0.3 is 0 Å². The summed E-state index contributed by atoms with van der Waals surface area (Å²) in [4.78, 5) is 12.5. The smallest absolute Gasteiger partial charge is 0.249 e. The highest BCUT2D eigenvalue weighted by atomic mass is 16.3. The van der Waals surface area contributed by atoms with Crippen LogP contribution in [0.15, 0.2) is 24.3 Å². The Balaban J connectivity index is 3.53. The summed E-state index contributed by atoms with van der Waals surface area (Å²) in [6.45, 7) is 4.05. The summed E-state index contributed by atoms with van der Waals surface area (Å²) in [5.41, 5.74) is 0. The molecule has 0 spiro atoms. The number of nitrogens with one attached hydrogen (secondary N) is 1. The van der Waals surface area contributed by atoms with E-state index in [1.165, 1.54) is 212 Å². The fraction of sp³-hybridized carbons (Fsp3) is 0.907. The van der Waals surface area contributed by atoms with Crippen molar-refractivity contribution in [1.29, 1.82) is 0 Å². The molecule has 0 saturated heterocycles. The summed E-state index contributed by atoms with van der Waals surface area (Å²) >= 11 is 0. The van der Waals surface area contributed by atoms with Crippen LogP contribution in [0.3, 0.4) is 0 Å². The van der Waals surface area contributed by atoms with Gasteiger partial charge in [0.2, 0.25) is 5.91 Å². The van der Waals surface area contributed by atoms with Gasteiger partial charge in [-0.25, -0.2) is 0 Å². The number of hydrogen-bond acceptors (Lipinski definition) is 5. The molecule has 4 unspecified atom stereocenters. The number of aliphatic hydroxyl groups excluding tert-OH is 4. The summed E-state index contributed by atoms with van der Waals surface area (Å²) in [5.74, 6) is -0.582. The third kappa shape index (κ3) is 42.1. The first-order chi connectivity index (χ1) is 29.5. The first-order valence-electron chi connectivity index (χ1n) is 26.7. The van der Waals surface area contributed by atoms with E-state index in [0.29, 0.717) is 12.8 Å². The Morgan fingerprint density at radius 2 is 0.717 bits per heavy atom. The van der Waals surface area contributed by atoms with Gasteiger partial charge in [0.15, 0.2) is 0 Å². The van der Waals surface area contributed by atoms with E-state index >= 15 is 0 Å². The quantitative estimate of drug-likeness (QED) is 0.0309. The largest absolute Gasteiger partial charge is 0.394 e. The van der Waals surface area contributed by atoms with Gasteiger partial charge in [0.25, 0.3) is 0 Å². The molecule has 0 aliphatic heterocycles. The van der Waals surface area contributed by atoms with Gasteiger partial charge in [-0.05, 0) is 44.9 Å². The molecule has 0 fully saturated rings. The molecule has 0 heterocycles. The average Bonchev–Trinajstić information content (AvgIpc) is 3.25. The van der Waals surface area contributed by atoms with Crippen LogP contribution in [-0.4, -0.2) is 57.3 Å². The normalized spacial score (nSPS) is 14.0. The molecule has 0 radical (unpaired) electrons. The molecule has 1 amide bonds. The maximum Gasteiger partial charge on any atom is 0.249 e. The van der Waals surface area contributed by atoms with Crippen LogP contribution in [0, 0.1) is 0 Å². The number of carbonyl (C=O) groups is 1. The lowest BCUT2D eigenvalue weighted by Crippen LogP contribution is -2.53. The lowest BCUT2D eigenvalue weighted by molar-refractivity contribution is -0.132. The van der Waals surface area contributed by atoms with Crippen molar-refractivity contribution in [3.8, 4) is 0 Å². The summed E-state index contributed by atoms with van der Waals surface area (Å²) in [6.07, 6.45) is 58.3. The molecule has 0 rings (SSSR count). The van der Waals surface area contributed by atoms with Crippen LogP contribution < -0.4 is 5.32 Å². The Morgan fingerprint density at radius 1 is 0.417 bits per heavy atom. The topological polar surface area (TPSA) is 110 Å². The summed E-state index contributed by atoms with van der Waals surface area (Å²) in [6, 6.07) is -0.982. The van der Waals surface area contributed by atoms with Gasteiger partial charge in [-0.2, -0.15) is 0 Å². The molecular weight excluding hydrogens is 743 g/mol. The third-order valence-electron chi connectivity index (χ3n) is 12.7. The molecule has 0 aliphatic carbocycles. The lowest BCUT2D eigenvalue weighted by atomic mass is 9.99.